The summed E-state index contributed by atoms with van der Waals surface area (Å²) in [5, 5.41) is 2.76. The lowest BCUT2D eigenvalue weighted by molar-refractivity contribution is -0.143. The molecule has 0 fully saturated rings. The third-order valence-corrected chi connectivity index (χ3v) is 8.00. The van der Waals surface area contributed by atoms with Gasteiger partial charge in [-0.1, -0.05) is 115 Å². The van der Waals surface area contributed by atoms with Gasteiger partial charge in [-0.3, -0.25) is 9.59 Å². The molecule has 1 aliphatic rings. The quantitative estimate of drug-likeness (QED) is 0.206. The van der Waals surface area contributed by atoms with Crippen molar-refractivity contribution in [2.24, 2.45) is 5.73 Å². The molecule has 0 aliphatic heterocycles. The van der Waals surface area contributed by atoms with Crippen LogP contribution in [0.15, 0.2) is 115 Å². The van der Waals surface area contributed by atoms with Gasteiger partial charge in [0.2, 0.25) is 11.8 Å². The summed E-state index contributed by atoms with van der Waals surface area (Å²) in [6, 6.07) is 35.7. The van der Waals surface area contributed by atoms with Crippen LogP contribution in [0.2, 0.25) is 0 Å². The van der Waals surface area contributed by atoms with Crippen molar-refractivity contribution in [1.82, 2.24) is 10.2 Å². The SMILES string of the molecule is NC(=O)[C@@H](CCCNC(=O)OCc1ccccc1)N(C(=O)C(c1ccccc1)c1ccccc1)[C@@H]1CCc2ccccc21. The maximum atomic E-state index is 14.8. The number of nitrogens with zero attached hydrogens (tertiary/aromatic N) is 1. The van der Waals surface area contributed by atoms with Crippen LogP contribution in [0.25, 0.3) is 0 Å². The number of rotatable bonds is 12. The molecule has 0 heterocycles. The molecule has 3 amide bonds. The van der Waals surface area contributed by atoms with Gasteiger partial charge in [0.25, 0.3) is 0 Å². The minimum absolute atomic E-state index is 0.167. The van der Waals surface area contributed by atoms with E-state index in [9.17, 15) is 14.4 Å². The Morgan fingerprint density at radius 1 is 0.814 bits per heavy atom. The first-order chi connectivity index (χ1) is 21.0. The fraction of sp³-hybridized carbons (Fsp3) is 0.250. The van der Waals surface area contributed by atoms with E-state index in [1.165, 1.54) is 5.56 Å². The molecule has 5 rings (SSSR count). The summed E-state index contributed by atoms with van der Waals surface area (Å²) in [4.78, 5) is 41.9. The lowest BCUT2D eigenvalue weighted by Crippen LogP contribution is -2.51. The molecule has 0 bridgehead atoms. The molecule has 43 heavy (non-hydrogen) atoms. The number of nitrogens with two attached hydrogens (primary N) is 1. The molecule has 4 aromatic rings. The van der Waals surface area contributed by atoms with E-state index in [4.69, 9.17) is 10.5 Å². The lowest BCUT2D eigenvalue weighted by Gasteiger charge is -2.38. The van der Waals surface area contributed by atoms with E-state index in [2.05, 4.69) is 11.4 Å². The van der Waals surface area contributed by atoms with Crippen molar-refractivity contribution in [2.45, 2.75) is 50.3 Å². The number of primary amides is 1. The third kappa shape index (κ3) is 7.30. The van der Waals surface area contributed by atoms with Crippen LogP contribution in [-0.2, 0) is 27.4 Å². The normalized spacial score (nSPS) is 14.5. The van der Waals surface area contributed by atoms with Gasteiger partial charge in [0.15, 0.2) is 0 Å². The Morgan fingerprint density at radius 3 is 2.02 bits per heavy atom. The predicted molar refractivity (Wildman–Crippen MR) is 166 cm³/mol. The Morgan fingerprint density at radius 2 is 1.40 bits per heavy atom. The fourth-order valence-electron chi connectivity index (χ4n) is 5.94. The van der Waals surface area contributed by atoms with Crippen LogP contribution in [-0.4, -0.2) is 35.4 Å². The number of benzene rings is 4. The number of alkyl carbamates (subject to hydrolysis) is 1. The molecule has 7 nitrogen and oxygen atoms in total. The Labute approximate surface area is 252 Å². The van der Waals surface area contributed by atoms with Gasteiger partial charge in [-0.2, -0.15) is 0 Å². The van der Waals surface area contributed by atoms with E-state index in [0.717, 1.165) is 28.7 Å². The van der Waals surface area contributed by atoms with Crippen LogP contribution in [0.3, 0.4) is 0 Å². The molecular formula is C36H37N3O4. The van der Waals surface area contributed by atoms with E-state index < -0.39 is 24.0 Å². The first-order valence-corrected chi connectivity index (χ1v) is 14.8. The van der Waals surface area contributed by atoms with Crippen molar-refractivity contribution in [1.29, 1.82) is 0 Å². The molecule has 2 atom stereocenters. The number of carbonyl (C=O) groups excluding carboxylic acids is 3. The highest BCUT2D eigenvalue weighted by Gasteiger charge is 2.41. The highest BCUT2D eigenvalue weighted by atomic mass is 16.5. The Bertz CT molecular complexity index is 1470. The molecule has 220 valence electrons. The van der Waals surface area contributed by atoms with Gasteiger partial charge in [0.05, 0.1) is 12.0 Å². The standard InChI is InChI=1S/C36H37N3O4/c37-34(40)32(21-12-24-38-36(42)43-25-26-13-4-1-5-14-26)39(31-23-22-27-15-10-11-20-30(27)31)35(41)33(28-16-6-2-7-17-28)29-18-8-3-9-19-29/h1-11,13-20,31-33H,12,21-25H2,(H2,37,40)(H,38,42)/t31-,32-/m1/s1. The number of hydrogen-bond acceptors (Lipinski definition) is 4. The number of amides is 3. The second kappa shape index (κ2) is 14.3. The smallest absolute Gasteiger partial charge is 0.407 e. The summed E-state index contributed by atoms with van der Waals surface area (Å²) >= 11 is 0. The van der Waals surface area contributed by atoms with Gasteiger partial charge >= 0.3 is 6.09 Å². The Hall–Kier alpha value is -4.91. The van der Waals surface area contributed by atoms with E-state index in [1.54, 1.807) is 4.90 Å². The first-order valence-electron chi connectivity index (χ1n) is 14.8. The second-order valence-electron chi connectivity index (χ2n) is 10.8. The molecule has 0 radical (unpaired) electrons. The average Bonchev–Trinajstić information content (AvgIpc) is 3.46. The van der Waals surface area contributed by atoms with Crippen LogP contribution in [0.1, 0.15) is 59.0 Å². The Balaban J connectivity index is 1.37. The lowest BCUT2D eigenvalue weighted by atomic mass is 9.88. The summed E-state index contributed by atoms with van der Waals surface area (Å²) in [7, 11) is 0. The van der Waals surface area contributed by atoms with Gasteiger partial charge in [0, 0.05) is 6.54 Å². The first kappa shape index (κ1) is 29.6. The average molecular weight is 576 g/mol. The van der Waals surface area contributed by atoms with E-state index in [1.807, 2.05) is 109 Å². The number of fused-ring (bicyclic) bond motifs is 1. The van der Waals surface area contributed by atoms with E-state index in [0.29, 0.717) is 19.3 Å². The summed E-state index contributed by atoms with van der Waals surface area (Å²) in [5.41, 5.74) is 10.9. The van der Waals surface area contributed by atoms with Crippen LogP contribution >= 0.6 is 0 Å². The van der Waals surface area contributed by atoms with Crippen LogP contribution < -0.4 is 11.1 Å². The van der Waals surface area contributed by atoms with Crippen molar-refractivity contribution in [3.8, 4) is 0 Å². The van der Waals surface area contributed by atoms with Crippen molar-refractivity contribution in [3.63, 3.8) is 0 Å². The predicted octanol–water partition coefficient (Wildman–Crippen LogP) is 5.90. The van der Waals surface area contributed by atoms with Crippen molar-refractivity contribution in [2.75, 3.05) is 6.54 Å². The van der Waals surface area contributed by atoms with Crippen molar-refractivity contribution >= 4 is 17.9 Å². The van der Waals surface area contributed by atoms with Gasteiger partial charge in [0.1, 0.15) is 12.6 Å². The summed E-state index contributed by atoms with van der Waals surface area (Å²) in [6.45, 7) is 0.446. The van der Waals surface area contributed by atoms with E-state index in [-0.39, 0.29) is 25.1 Å². The minimum atomic E-state index is -0.860. The number of carbonyl (C=O) groups is 3. The second-order valence-corrected chi connectivity index (χ2v) is 10.8. The number of nitrogens with one attached hydrogen (secondary N) is 1. The fourth-order valence-corrected chi connectivity index (χ4v) is 5.94. The van der Waals surface area contributed by atoms with Gasteiger partial charge < -0.3 is 20.7 Å². The molecule has 1 aliphatic carbocycles. The van der Waals surface area contributed by atoms with Crippen LogP contribution in [0.5, 0.6) is 0 Å². The highest BCUT2D eigenvalue weighted by Crippen LogP contribution is 2.40. The number of aryl methyl sites for hydroxylation is 1. The molecule has 0 saturated carbocycles. The van der Waals surface area contributed by atoms with Crippen molar-refractivity contribution in [3.05, 3.63) is 143 Å². The zero-order chi connectivity index (χ0) is 30.0. The zero-order valence-corrected chi connectivity index (χ0v) is 24.1. The summed E-state index contributed by atoms with van der Waals surface area (Å²) in [6.07, 6.45) is 1.72. The maximum Gasteiger partial charge on any atom is 0.407 e. The van der Waals surface area contributed by atoms with Crippen LogP contribution in [0, 0.1) is 0 Å². The molecular weight excluding hydrogens is 538 g/mol. The minimum Gasteiger partial charge on any atom is -0.445 e. The number of ether oxygens (including phenoxy) is 1. The van der Waals surface area contributed by atoms with Crippen molar-refractivity contribution < 1.29 is 19.1 Å². The van der Waals surface area contributed by atoms with Crippen LogP contribution in [0.4, 0.5) is 4.79 Å². The molecule has 3 N–H and O–H groups in total. The van der Waals surface area contributed by atoms with E-state index >= 15 is 0 Å². The highest BCUT2D eigenvalue weighted by molar-refractivity contribution is 5.92. The molecule has 0 aromatic heterocycles. The monoisotopic (exact) mass is 575 g/mol. The zero-order valence-electron chi connectivity index (χ0n) is 24.1. The molecule has 0 unspecified atom stereocenters. The summed E-state index contributed by atoms with van der Waals surface area (Å²) < 4.78 is 5.31. The molecule has 4 aromatic carbocycles. The molecule has 7 heteroatoms. The molecule has 0 saturated heterocycles. The largest absolute Gasteiger partial charge is 0.445 e. The Kier molecular flexibility index (Phi) is 9.85. The number of hydrogen-bond donors (Lipinski definition) is 2. The third-order valence-electron chi connectivity index (χ3n) is 8.00. The van der Waals surface area contributed by atoms with Gasteiger partial charge in [-0.25, -0.2) is 4.79 Å². The van der Waals surface area contributed by atoms with Gasteiger partial charge in [-0.15, -0.1) is 0 Å². The maximum absolute atomic E-state index is 14.8. The summed E-state index contributed by atoms with van der Waals surface area (Å²) in [5.74, 6) is -1.34. The molecule has 0 spiro atoms. The topological polar surface area (TPSA) is 102 Å². The van der Waals surface area contributed by atoms with Gasteiger partial charge in [-0.05, 0) is 53.5 Å².